The highest BCUT2D eigenvalue weighted by Gasteiger charge is 2.16. The third-order valence-corrected chi connectivity index (χ3v) is 3.00. The molecule has 0 spiro atoms. The summed E-state index contributed by atoms with van der Waals surface area (Å²) in [6, 6.07) is 2.18. The van der Waals surface area contributed by atoms with E-state index in [9.17, 15) is 0 Å². The summed E-state index contributed by atoms with van der Waals surface area (Å²) in [6.45, 7) is 6.29. The number of aromatic nitrogens is 1. The Morgan fingerprint density at radius 1 is 1.27 bits per heavy atom. The van der Waals surface area contributed by atoms with Crippen LogP contribution in [0.15, 0.2) is 18.5 Å². The topological polar surface area (TPSA) is 37.4 Å². The summed E-state index contributed by atoms with van der Waals surface area (Å²) in [5, 5.41) is 0. The molecule has 1 aliphatic heterocycles. The van der Waals surface area contributed by atoms with Crippen molar-refractivity contribution >= 4 is 5.69 Å². The van der Waals surface area contributed by atoms with Gasteiger partial charge in [0.25, 0.3) is 0 Å². The molecule has 2 N–H and O–H groups in total. The molecule has 0 amide bonds. The Balaban J connectivity index is 1.88. The number of anilines is 1. The van der Waals surface area contributed by atoms with Crippen LogP contribution >= 0.6 is 0 Å². The van der Waals surface area contributed by atoms with Gasteiger partial charge in [0, 0.05) is 58.7 Å². The van der Waals surface area contributed by atoms with Crippen LogP contribution in [0.1, 0.15) is 0 Å². The minimum Gasteiger partial charge on any atom is -0.368 e. The average molecular weight is 208 g/mol. The van der Waals surface area contributed by atoms with Gasteiger partial charge in [0.2, 0.25) is 0 Å². The Morgan fingerprint density at radius 2 is 2.00 bits per heavy atom. The van der Waals surface area contributed by atoms with E-state index in [0.29, 0.717) is 0 Å². The van der Waals surface area contributed by atoms with E-state index in [1.54, 1.807) is 0 Å². The lowest BCUT2D eigenvalue weighted by Crippen LogP contribution is -2.47. The summed E-state index contributed by atoms with van der Waals surface area (Å²) in [5.41, 5.74) is 6.89. The number of nitrogens with zero attached hydrogens (tertiary/aromatic N) is 3. The van der Waals surface area contributed by atoms with Gasteiger partial charge in [-0.1, -0.05) is 0 Å². The second-order valence-electron chi connectivity index (χ2n) is 4.15. The van der Waals surface area contributed by atoms with Crippen LogP contribution in [-0.4, -0.2) is 48.7 Å². The highest BCUT2D eigenvalue weighted by molar-refractivity contribution is 5.45. The molecule has 15 heavy (non-hydrogen) atoms. The van der Waals surface area contributed by atoms with E-state index in [1.807, 2.05) is 0 Å². The van der Waals surface area contributed by atoms with Crippen LogP contribution in [0.25, 0.3) is 0 Å². The molecular formula is C11H20N4. The van der Waals surface area contributed by atoms with Crippen molar-refractivity contribution < 1.29 is 0 Å². The first-order valence-electron chi connectivity index (χ1n) is 5.59. The number of hydrogen-bond donors (Lipinski definition) is 1. The molecule has 0 saturated carbocycles. The lowest BCUT2D eigenvalue weighted by atomic mass is 10.3. The molecule has 0 atom stereocenters. The number of hydrogen-bond acceptors (Lipinski definition) is 3. The van der Waals surface area contributed by atoms with Gasteiger partial charge in [-0.05, 0) is 6.07 Å². The van der Waals surface area contributed by atoms with E-state index in [4.69, 9.17) is 5.73 Å². The monoisotopic (exact) mass is 208 g/mol. The largest absolute Gasteiger partial charge is 0.368 e. The van der Waals surface area contributed by atoms with Crippen molar-refractivity contribution in [1.82, 2.24) is 9.47 Å². The van der Waals surface area contributed by atoms with Crippen LogP contribution in [0.3, 0.4) is 0 Å². The molecule has 0 aromatic carbocycles. The summed E-state index contributed by atoms with van der Waals surface area (Å²) in [4.78, 5) is 4.87. The highest BCUT2D eigenvalue weighted by Crippen LogP contribution is 2.15. The lowest BCUT2D eigenvalue weighted by molar-refractivity contribution is 0.265. The number of aryl methyl sites for hydroxylation is 1. The van der Waals surface area contributed by atoms with Gasteiger partial charge >= 0.3 is 0 Å². The van der Waals surface area contributed by atoms with Gasteiger partial charge in [0.05, 0.1) is 5.69 Å². The molecule has 1 fully saturated rings. The van der Waals surface area contributed by atoms with E-state index >= 15 is 0 Å². The van der Waals surface area contributed by atoms with E-state index < -0.39 is 0 Å². The first kappa shape index (κ1) is 10.5. The molecule has 4 heteroatoms. The molecule has 0 radical (unpaired) electrons. The molecule has 1 aromatic rings. The number of rotatable bonds is 3. The van der Waals surface area contributed by atoms with Gasteiger partial charge in [-0.15, -0.1) is 0 Å². The molecule has 0 aliphatic carbocycles. The Bertz CT molecular complexity index is 299. The average Bonchev–Trinajstić information content (AvgIpc) is 2.67. The fourth-order valence-corrected chi connectivity index (χ4v) is 2.09. The van der Waals surface area contributed by atoms with Crippen LogP contribution in [0.4, 0.5) is 5.69 Å². The maximum absolute atomic E-state index is 5.55. The third kappa shape index (κ3) is 2.52. The molecule has 2 heterocycles. The van der Waals surface area contributed by atoms with Crippen molar-refractivity contribution in [2.45, 2.75) is 0 Å². The molecule has 1 saturated heterocycles. The van der Waals surface area contributed by atoms with Crippen molar-refractivity contribution in [2.75, 3.05) is 44.2 Å². The zero-order valence-corrected chi connectivity index (χ0v) is 9.39. The number of nitrogens with two attached hydrogens (primary N) is 1. The normalized spacial score (nSPS) is 18.4. The smallest absolute Gasteiger partial charge is 0.0546 e. The summed E-state index contributed by atoms with van der Waals surface area (Å²) in [5.74, 6) is 0. The second-order valence-corrected chi connectivity index (χ2v) is 4.15. The predicted octanol–water partition coefficient (Wildman–Crippen LogP) is 0.106. The Morgan fingerprint density at radius 3 is 2.53 bits per heavy atom. The summed E-state index contributed by atoms with van der Waals surface area (Å²) in [6.07, 6.45) is 4.28. The molecule has 1 aliphatic rings. The van der Waals surface area contributed by atoms with Gasteiger partial charge < -0.3 is 15.2 Å². The minimum atomic E-state index is 0.769. The molecular weight excluding hydrogens is 188 g/mol. The molecule has 1 aromatic heterocycles. The third-order valence-electron chi connectivity index (χ3n) is 3.00. The maximum atomic E-state index is 5.55. The molecule has 84 valence electrons. The van der Waals surface area contributed by atoms with Crippen LogP contribution in [0, 0.1) is 0 Å². The summed E-state index contributed by atoms with van der Waals surface area (Å²) >= 11 is 0. The van der Waals surface area contributed by atoms with Gasteiger partial charge in [0.15, 0.2) is 0 Å². The van der Waals surface area contributed by atoms with Crippen LogP contribution in [0.5, 0.6) is 0 Å². The van der Waals surface area contributed by atoms with Gasteiger partial charge in [0.1, 0.15) is 0 Å². The first-order chi connectivity index (χ1) is 7.29. The van der Waals surface area contributed by atoms with Gasteiger partial charge in [-0.25, -0.2) is 0 Å². The van der Waals surface area contributed by atoms with E-state index in [1.165, 1.54) is 5.69 Å². The summed E-state index contributed by atoms with van der Waals surface area (Å²) < 4.78 is 2.10. The highest BCUT2D eigenvalue weighted by atomic mass is 15.3. The zero-order chi connectivity index (χ0) is 10.7. The van der Waals surface area contributed by atoms with Crippen molar-refractivity contribution in [2.24, 2.45) is 12.8 Å². The van der Waals surface area contributed by atoms with Gasteiger partial charge in [-0.2, -0.15) is 0 Å². The summed E-state index contributed by atoms with van der Waals surface area (Å²) in [7, 11) is 2.06. The lowest BCUT2D eigenvalue weighted by Gasteiger charge is -2.35. The molecule has 0 bridgehead atoms. The van der Waals surface area contributed by atoms with Crippen molar-refractivity contribution in [3.8, 4) is 0 Å². The first-order valence-corrected chi connectivity index (χ1v) is 5.59. The van der Waals surface area contributed by atoms with Gasteiger partial charge in [-0.3, -0.25) is 4.90 Å². The SMILES string of the molecule is Cn1ccc(N2CCN(CCN)CC2)c1. The predicted molar refractivity (Wildman–Crippen MR) is 63.1 cm³/mol. The maximum Gasteiger partial charge on any atom is 0.0546 e. The Labute approximate surface area is 91.3 Å². The standard InChI is InChI=1S/C11H20N4/c1-13-4-2-11(10-13)15-8-6-14(5-3-12)7-9-15/h2,4,10H,3,5-9,12H2,1H3. The Kier molecular flexibility index (Phi) is 3.28. The van der Waals surface area contributed by atoms with E-state index in [-0.39, 0.29) is 0 Å². The number of piperazine rings is 1. The van der Waals surface area contributed by atoms with E-state index in [0.717, 1.165) is 39.3 Å². The quantitative estimate of drug-likeness (QED) is 0.766. The van der Waals surface area contributed by atoms with Crippen molar-refractivity contribution in [3.63, 3.8) is 0 Å². The van der Waals surface area contributed by atoms with Crippen LogP contribution in [-0.2, 0) is 7.05 Å². The van der Waals surface area contributed by atoms with E-state index in [2.05, 4.69) is 39.9 Å². The fourth-order valence-electron chi connectivity index (χ4n) is 2.09. The molecule has 2 rings (SSSR count). The second kappa shape index (κ2) is 4.68. The van der Waals surface area contributed by atoms with Crippen LogP contribution in [0.2, 0.25) is 0 Å². The fraction of sp³-hybridized carbons (Fsp3) is 0.636. The van der Waals surface area contributed by atoms with Crippen LogP contribution < -0.4 is 10.6 Å². The van der Waals surface area contributed by atoms with Crippen molar-refractivity contribution in [3.05, 3.63) is 18.5 Å². The molecule has 0 unspecified atom stereocenters. The molecule has 4 nitrogen and oxygen atoms in total. The van der Waals surface area contributed by atoms with Crippen molar-refractivity contribution in [1.29, 1.82) is 0 Å². The Hall–Kier alpha value is -1.00. The minimum absolute atomic E-state index is 0.769. The zero-order valence-electron chi connectivity index (χ0n) is 9.39.